The Labute approximate surface area is 168 Å². The molecule has 2 aromatic carbocycles. The molecule has 3 rings (SSSR count). The lowest BCUT2D eigenvalue weighted by Crippen LogP contribution is -2.36. The van der Waals surface area contributed by atoms with Gasteiger partial charge in [-0.1, -0.05) is 23.7 Å². The summed E-state index contributed by atoms with van der Waals surface area (Å²) in [6.07, 6.45) is 0. The van der Waals surface area contributed by atoms with Gasteiger partial charge in [0.25, 0.3) is 0 Å². The number of carbonyl (C=O) groups excluding carboxylic acids is 1. The summed E-state index contributed by atoms with van der Waals surface area (Å²) in [6, 6.07) is 14.8. The summed E-state index contributed by atoms with van der Waals surface area (Å²) in [7, 11) is 1.63. The highest BCUT2D eigenvalue weighted by molar-refractivity contribution is 6.30. The van der Waals surface area contributed by atoms with E-state index in [1.54, 1.807) is 24.1 Å². The van der Waals surface area contributed by atoms with Crippen LogP contribution in [0.1, 0.15) is 25.5 Å². The van der Waals surface area contributed by atoms with Gasteiger partial charge in [0.15, 0.2) is 0 Å². The van der Waals surface area contributed by atoms with Gasteiger partial charge in [-0.3, -0.25) is 4.79 Å². The molecular weight excluding hydrogens is 378 g/mol. The maximum atomic E-state index is 12.9. The maximum Gasteiger partial charge on any atom is 0.246 e. The molecule has 1 unspecified atom stereocenters. The zero-order valence-corrected chi connectivity index (χ0v) is 16.8. The molecule has 28 heavy (non-hydrogen) atoms. The average molecular weight is 400 g/mol. The minimum absolute atomic E-state index is 0.0166. The number of hydrogen-bond acceptors (Lipinski definition) is 5. The van der Waals surface area contributed by atoms with Crippen LogP contribution in [0.5, 0.6) is 5.75 Å². The van der Waals surface area contributed by atoms with Gasteiger partial charge in [-0.25, -0.2) is 0 Å². The van der Waals surface area contributed by atoms with Crippen molar-refractivity contribution in [2.75, 3.05) is 13.7 Å². The van der Waals surface area contributed by atoms with E-state index in [0.717, 1.165) is 16.9 Å². The summed E-state index contributed by atoms with van der Waals surface area (Å²) in [5.74, 6) is 1.13. The van der Waals surface area contributed by atoms with Gasteiger partial charge < -0.3 is 9.64 Å². The number of halogens is 1. The van der Waals surface area contributed by atoms with Crippen LogP contribution in [-0.4, -0.2) is 44.7 Å². The van der Waals surface area contributed by atoms with E-state index in [0.29, 0.717) is 17.4 Å². The molecule has 0 aliphatic heterocycles. The normalized spacial score (nSPS) is 11.9. The number of amides is 1. The molecule has 0 aliphatic carbocycles. The second kappa shape index (κ2) is 8.84. The lowest BCUT2D eigenvalue weighted by molar-refractivity contribution is -0.134. The van der Waals surface area contributed by atoms with Crippen molar-refractivity contribution in [3.8, 4) is 17.1 Å². The Morgan fingerprint density at radius 3 is 2.68 bits per heavy atom. The number of hydrogen-bond donors (Lipinski definition) is 0. The molecule has 1 amide bonds. The van der Waals surface area contributed by atoms with Gasteiger partial charge >= 0.3 is 0 Å². The Balaban J connectivity index is 1.72. The fourth-order valence-corrected chi connectivity index (χ4v) is 3.11. The van der Waals surface area contributed by atoms with E-state index < -0.39 is 0 Å². The van der Waals surface area contributed by atoms with Crippen molar-refractivity contribution in [2.45, 2.75) is 26.4 Å². The fraction of sp³-hybridized carbons (Fsp3) is 0.300. The molecule has 0 bridgehead atoms. The predicted octanol–water partition coefficient (Wildman–Crippen LogP) is 3.61. The smallest absolute Gasteiger partial charge is 0.246 e. The average Bonchev–Trinajstić information content (AvgIpc) is 3.17. The Bertz CT molecular complexity index is 942. The van der Waals surface area contributed by atoms with Crippen LogP contribution in [0.3, 0.4) is 0 Å². The van der Waals surface area contributed by atoms with Crippen molar-refractivity contribution in [2.24, 2.45) is 0 Å². The molecule has 0 aliphatic rings. The van der Waals surface area contributed by atoms with Crippen molar-refractivity contribution in [3.63, 3.8) is 0 Å². The molecule has 0 fully saturated rings. The molecule has 1 aromatic heterocycles. The third-order valence-corrected chi connectivity index (χ3v) is 4.79. The largest absolute Gasteiger partial charge is 0.497 e. The van der Waals surface area contributed by atoms with Gasteiger partial charge in [-0.05, 0) is 61.0 Å². The second-order valence-electron chi connectivity index (χ2n) is 6.28. The Morgan fingerprint density at radius 2 is 2.00 bits per heavy atom. The summed E-state index contributed by atoms with van der Waals surface area (Å²) in [5, 5.41) is 13.0. The predicted molar refractivity (Wildman–Crippen MR) is 107 cm³/mol. The number of methoxy groups -OCH3 is 1. The van der Waals surface area contributed by atoms with Crippen LogP contribution in [0, 0.1) is 0 Å². The van der Waals surface area contributed by atoms with Gasteiger partial charge in [0.1, 0.15) is 12.3 Å². The number of rotatable bonds is 7. The monoisotopic (exact) mass is 399 g/mol. The van der Waals surface area contributed by atoms with Crippen molar-refractivity contribution in [3.05, 3.63) is 59.1 Å². The number of benzene rings is 2. The highest BCUT2D eigenvalue weighted by atomic mass is 35.5. The van der Waals surface area contributed by atoms with E-state index in [-0.39, 0.29) is 18.5 Å². The minimum atomic E-state index is -0.105. The molecule has 0 saturated carbocycles. The summed E-state index contributed by atoms with van der Waals surface area (Å²) >= 11 is 5.90. The van der Waals surface area contributed by atoms with Gasteiger partial charge in [0.05, 0.1) is 13.2 Å². The van der Waals surface area contributed by atoms with Crippen molar-refractivity contribution in [1.29, 1.82) is 0 Å². The van der Waals surface area contributed by atoms with Gasteiger partial charge in [0, 0.05) is 17.1 Å². The van der Waals surface area contributed by atoms with Crippen molar-refractivity contribution < 1.29 is 9.53 Å². The number of carbonyl (C=O) groups is 1. The third-order valence-electron chi connectivity index (χ3n) is 4.54. The van der Waals surface area contributed by atoms with Crippen LogP contribution in [0.15, 0.2) is 48.5 Å². The van der Waals surface area contributed by atoms with E-state index in [9.17, 15) is 4.79 Å². The molecule has 0 radical (unpaired) electrons. The Kier molecular flexibility index (Phi) is 6.26. The first kappa shape index (κ1) is 19.8. The SMILES string of the molecule is CCN(C(=O)Cn1nnc(-c2ccc(Cl)cc2)n1)C(C)c1cccc(OC)c1. The van der Waals surface area contributed by atoms with E-state index >= 15 is 0 Å². The van der Waals surface area contributed by atoms with Crippen LogP contribution >= 0.6 is 11.6 Å². The molecule has 0 spiro atoms. The zero-order chi connectivity index (χ0) is 20.1. The van der Waals surface area contributed by atoms with Crippen LogP contribution in [-0.2, 0) is 11.3 Å². The quantitative estimate of drug-likeness (QED) is 0.606. The summed E-state index contributed by atoms with van der Waals surface area (Å²) in [5.41, 5.74) is 1.79. The van der Waals surface area contributed by atoms with E-state index in [1.807, 2.05) is 50.2 Å². The highest BCUT2D eigenvalue weighted by Gasteiger charge is 2.21. The Hall–Kier alpha value is -2.93. The molecule has 0 N–H and O–H groups in total. The standard InChI is InChI=1S/C20H22ClN5O2/c1-4-25(14(2)16-6-5-7-18(12-16)28-3)19(27)13-26-23-20(22-24-26)15-8-10-17(21)11-9-15/h5-12,14H,4,13H2,1-3H3. The molecule has 1 heterocycles. The molecule has 7 nitrogen and oxygen atoms in total. The molecule has 3 aromatic rings. The van der Waals surface area contributed by atoms with E-state index in [1.165, 1.54) is 4.80 Å². The number of likely N-dealkylation sites (N-methyl/N-ethyl adjacent to an activating group) is 1. The van der Waals surface area contributed by atoms with Gasteiger partial charge in [-0.15, -0.1) is 10.2 Å². The first-order chi connectivity index (χ1) is 13.5. The van der Waals surface area contributed by atoms with Gasteiger partial charge in [0.2, 0.25) is 11.7 Å². The molecule has 0 saturated heterocycles. The summed E-state index contributed by atoms with van der Waals surface area (Å²) in [4.78, 5) is 15.9. The summed E-state index contributed by atoms with van der Waals surface area (Å²) in [6.45, 7) is 4.52. The second-order valence-corrected chi connectivity index (χ2v) is 6.72. The maximum absolute atomic E-state index is 12.9. The number of tetrazole rings is 1. The van der Waals surface area contributed by atoms with Gasteiger partial charge in [-0.2, -0.15) is 4.80 Å². The van der Waals surface area contributed by atoms with Crippen LogP contribution in [0.2, 0.25) is 5.02 Å². The topological polar surface area (TPSA) is 73.1 Å². The first-order valence-corrected chi connectivity index (χ1v) is 9.36. The lowest BCUT2D eigenvalue weighted by Gasteiger charge is -2.28. The number of ether oxygens (including phenoxy) is 1. The first-order valence-electron chi connectivity index (χ1n) is 8.99. The van der Waals surface area contributed by atoms with Crippen molar-refractivity contribution >= 4 is 17.5 Å². The van der Waals surface area contributed by atoms with Crippen LogP contribution < -0.4 is 4.74 Å². The van der Waals surface area contributed by atoms with Crippen molar-refractivity contribution in [1.82, 2.24) is 25.1 Å². The van der Waals surface area contributed by atoms with Crippen LogP contribution in [0.25, 0.3) is 11.4 Å². The fourth-order valence-electron chi connectivity index (χ4n) is 2.98. The summed E-state index contributed by atoms with van der Waals surface area (Å²) < 4.78 is 5.28. The van der Waals surface area contributed by atoms with E-state index in [2.05, 4.69) is 15.4 Å². The van der Waals surface area contributed by atoms with Crippen LogP contribution in [0.4, 0.5) is 0 Å². The number of nitrogens with zero attached hydrogens (tertiary/aromatic N) is 5. The zero-order valence-electron chi connectivity index (χ0n) is 16.0. The lowest BCUT2D eigenvalue weighted by atomic mass is 10.1. The third kappa shape index (κ3) is 4.48. The van der Waals surface area contributed by atoms with E-state index in [4.69, 9.17) is 16.3 Å². The Morgan fingerprint density at radius 1 is 1.25 bits per heavy atom. The molecular formula is C20H22ClN5O2. The molecule has 146 valence electrons. The minimum Gasteiger partial charge on any atom is -0.497 e. The molecule has 8 heteroatoms. The highest BCUT2D eigenvalue weighted by Crippen LogP contribution is 2.24. The number of aromatic nitrogens is 4. The molecule has 1 atom stereocenters.